The van der Waals surface area contributed by atoms with Crippen molar-refractivity contribution < 1.29 is 18.0 Å². The van der Waals surface area contributed by atoms with E-state index >= 15 is 0 Å². The molecule has 1 amide bonds. The highest BCUT2D eigenvalue weighted by Crippen LogP contribution is 2.35. The van der Waals surface area contributed by atoms with E-state index in [2.05, 4.69) is 10.3 Å². The molecule has 1 aliphatic rings. The number of alkyl halides is 3. The minimum atomic E-state index is -4.52. The zero-order valence-electron chi connectivity index (χ0n) is 16.5. The third-order valence-electron chi connectivity index (χ3n) is 5.64. The fourth-order valence-electron chi connectivity index (χ4n) is 4.21. The highest BCUT2D eigenvalue weighted by Gasteiger charge is 2.31. The fourth-order valence-corrected chi connectivity index (χ4v) is 4.21. The summed E-state index contributed by atoms with van der Waals surface area (Å²) in [6, 6.07) is 10.2. The van der Waals surface area contributed by atoms with E-state index in [4.69, 9.17) is 5.73 Å². The lowest BCUT2D eigenvalue weighted by atomic mass is 9.91. The van der Waals surface area contributed by atoms with Gasteiger partial charge in [-0.05, 0) is 62.4 Å². The average Bonchev–Trinajstić information content (AvgIpc) is 3.06. The Kier molecular flexibility index (Phi) is 5.27. The SMILES string of the molecule is Cc1cccc2nc(NC(=O)c3cccc(C(F)(F)F)c3)n(C3CCC[C@H](N)C3)c12. The first kappa shape index (κ1) is 20.4. The molecule has 3 N–H and O–H groups in total. The highest BCUT2D eigenvalue weighted by atomic mass is 19.4. The summed E-state index contributed by atoms with van der Waals surface area (Å²) >= 11 is 0. The van der Waals surface area contributed by atoms with Crippen LogP contribution >= 0.6 is 0 Å². The van der Waals surface area contributed by atoms with Crippen LogP contribution in [0.4, 0.5) is 19.1 Å². The summed E-state index contributed by atoms with van der Waals surface area (Å²) < 4.78 is 41.1. The molecule has 1 aromatic heterocycles. The summed E-state index contributed by atoms with van der Waals surface area (Å²) in [7, 11) is 0. The molecule has 0 aliphatic heterocycles. The molecule has 3 aromatic rings. The smallest absolute Gasteiger partial charge is 0.328 e. The third kappa shape index (κ3) is 3.92. The molecule has 1 aliphatic carbocycles. The molecule has 0 bridgehead atoms. The van der Waals surface area contributed by atoms with E-state index in [0.29, 0.717) is 5.95 Å². The second-order valence-electron chi connectivity index (χ2n) is 7.86. The lowest BCUT2D eigenvalue weighted by Gasteiger charge is -2.29. The van der Waals surface area contributed by atoms with Gasteiger partial charge in [0.05, 0.1) is 16.6 Å². The van der Waals surface area contributed by atoms with Gasteiger partial charge in [0.25, 0.3) is 5.91 Å². The van der Waals surface area contributed by atoms with Gasteiger partial charge in [-0.1, -0.05) is 18.2 Å². The molecule has 30 heavy (non-hydrogen) atoms. The standard InChI is InChI=1S/C22H23F3N4O/c1-13-5-2-10-18-19(13)29(17-9-4-8-16(26)12-17)21(27-18)28-20(30)14-6-3-7-15(11-14)22(23,24)25/h2-3,5-7,10-11,16-17H,4,8-9,12,26H2,1H3,(H,27,28,30)/t16-,17?/m0/s1. The van der Waals surface area contributed by atoms with E-state index in [0.717, 1.165) is 54.4 Å². The van der Waals surface area contributed by atoms with E-state index in [9.17, 15) is 18.0 Å². The number of carbonyl (C=O) groups is 1. The van der Waals surface area contributed by atoms with Crippen LogP contribution in [0.3, 0.4) is 0 Å². The largest absolute Gasteiger partial charge is 0.416 e. The number of halogens is 3. The van der Waals surface area contributed by atoms with Gasteiger partial charge in [-0.3, -0.25) is 10.1 Å². The van der Waals surface area contributed by atoms with Gasteiger partial charge in [0.2, 0.25) is 5.95 Å². The van der Waals surface area contributed by atoms with Crippen LogP contribution in [0.2, 0.25) is 0 Å². The molecular weight excluding hydrogens is 393 g/mol. The Labute approximate surface area is 172 Å². The van der Waals surface area contributed by atoms with E-state index in [1.165, 1.54) is 12.1 Å². The van der Waals surface area contributed by atoms with Gasteiger partial charge in [0.15, 0.2) is 0 Å². The van der Waals surface area contributed by atoms with E-state index < -0.39 is 17.6 Å². The van der Waals surface area contributed by atoms with Gasteiger partial charge < -0.3 is 10.3 Å². The molecule has 4 rings (SSSR count). The van der Waals surface area contributed by atoms with Crippen LogP contribution in [0.25, 0.3) is 11.0 Å². The number of rotatable bonds is 3. The Hall–Kier alpha value is -2.87. The number of benzene rings is 2. The van der Waals surface area contributed by atoms with Crippen LogP contribution in [0.1, 0.15) is 53.2 Å². The van der Waals surface area contributed by atoms with Gasteiger partial charge in [0.1, 0.15) is 0 Å². The van der Waals surface area contributed by atoms with Crippen LogP contribution in [0.5, 0.6) is 0 Å². The van der Waals surface area contributed by atoms with Gasteiger partial charge in [-0.2, -0.15) is 13.2 Å². The number of nitrogens with one attached hydrogen (secondary N) is 1. The minimum absolute atomic E-state index is 0.0664. The monoisotopic (exact) mass is 416 g/mol. The quantitative estimate of drug-likeness (QED) is 0.627. The molecule has 0 spiro atoms. The number of hydrogen-bond donors (Lipinski definition) is 2. The maximum absolute atomic E-state index is 13.0. The maximum Gasteiger partial charge on any atom is 0.416 e. The van der Waals surface area contributed by atoms with Crippen LogP contribution in [-0.4, -0.2) is 21.5 Å². The van der Waals surface area contributed by atoms with Crippen LogP contribution in [0.15, 0.2) is 42.5 Å². The zero-order chi connectivity index (χ0) is 21.5. The van der Waals surface area contributed by atoms with Crippen LogP contribution in [-0.2, 0) is 6.18 Å². The number of hydrogen-bond acceptors (Lipinski definition) is 3. The fraction of sp³-hybridized carbons (Fsp3) is 0.364. The molecular formula is C22H23F3N4O. The second kappa shape index (κ2) is 7.75. The van der Waals surface area contributed by atoms with Gasteiger partial charge in [-0.15, -0.1) is 0 Å². The van der Waals surface area contributed by atoms with Crippen molar-refractivity contribution in [1.82, 2.24) is 9.55 Å². The molecule has 1 heterocycles. The number of nitrogens with two attached hydrogens (primary N) is 1. The van der Waals surface area contributed by atoms with Crippen molar-refractivity contribution in [2.45, 2.75) is 50.9 Å². The molecule has 2 aromatic carbocycles. The molecule has 1 saturated carbocycles. The topological polar surface area (TPSA) is 72.9 Å². The molecule has 0 radical (unpaired) electrons. The number of aromatic nitrogens is 2. The van der Waals surface area contributed by atoms with Crippen molar-refractivity contribution in [3.8, 4) is 0 Å². The molecule has 1 fully saturated rings. The maximum atomic E-state index is 13.0. The number of nitrogens with zero attached hydrogens (tertiary/aromatic N) is 2. The number of amides is 1. The van der Waals surface area contributed by atoms with E-state index in [1.54, 1.807) is 0 Å². The molecule has 1 unspecified atom stereocenters. The Morgan fingerprint density at radius 2 is 1.97 bits per heavy atom. The Morgan fingerprint density at radius 1 is 1.20 bits per heavy atom. The average molecular weight is 416 g/mol. The zero-order valence-corrected chi connectivity index (χ0v) is 16.5. The van der Waals surface area contributed by atoms with Crippen molar-refractivity contribution in [1.29, 1.82) is 0 Å². The van der Waals surface area contributed by atoms with Crippen molar-refractivity contribution in [2.75, 3.05) is 5.32 Å². The Balaban J connectivity index is 1.73. The van der Waals surface area contributed by atoms with Gasteiger partial charge in [-0.25, -0.2) is 4.98 Å². The van der Waals surface area contributed by atoms with E-state index in [1.807, 2.05) is 29.7 Å². The number of fused-ring (bicyclic) bond motifs is 1. The third-order valence-corrected chi connectivity index (χ3v) is 5.64. The predicted octanol–water partition coefficient (Wildman–Crippen LogP) is 5.06. The van der Waals surface area contributed by atoms with Crippen molar-refractivity contribution in [3.05, 3.63) is 59.2 Å². The number of imidazole rings is 1. The number of aryl methyl sites for hydroxylation is 1. The molecule has 2 atom stereocenters. The molecule has 5 nitrogen and oxygen atoms in total. The normalized spacial score (nSPS) is 19.8. The summed E-state index contributed by atoms with van der Waals surface area (Å²) in [5.74, 6) is -0.295. The first-order valence-electron chi connectivity index (χ1n) is 9.96. The minimum Gasteiger partial charge on any atom is -0.328 e. The van der Waals surface area contributed by atoms with Gasteiger partial charge in [0, 0.05) is 17.6 Å². The van der Waals surface area contributed by atoms with Crippen molar-refractivity contribution >= 4 is 22.9 Å². The Bertz CT molecular complexity index is 1090. The molecule has 0 saturated heterocycles. The summed E-state index contributed by atoms with van der Waals surface area (Å²) in [6.45, 7) is 1.97. The van der Waals surface area contributed by atoms with Crippen LogP contribution < -0.4 is 11.1 Å². The molecule has 8 heteroatoms. The van der Waals surface area contributed by atoms with Crippen molar-refractivity contribution in [2.24, 2.45) is 5.73 Å². The summed E-state index contributed by atoms with van der Waals surface area (Å²) in [5, 5.41) is 2.74. The first-order valence-corrected chi connectivity index (χ1v) is 9.96. The lowest BCUT2D eigenvalue weighted by Crippen LogP contribution is -2.30. The van der Waals surface area contributed by atoms with Crippen LogP contribution in [0, 0.1) is 6.92 Å². The lowest BCUT2D eigenvalue weighted by molar-refractivity contribution is -0.137. The van der Waals surface area contributed by atoms with E-state index in [-0.39, 0.29) is 17.6 Å². The second-order valence-corrected chi connectivity index (χ2v) is 7.86. The van der Waals surface area contributed by atoms with Gasteiger partial charge >= 0.3 is 6.18 Å². The molecule has 158 valence electrons. The number of anilines is 1. The number of carbonyl (C=O) groups excluding carboxylic acids is 1. The number of para-hydroxylation sites is 1. The summed E-state index contributed by atoms with van der Waals surface area (Å²) in [4.78, 5) is 17.4. The highest BCUT2D eigenvalue weighted by molar-refractivity contribution is 6.04. The van der Waals surface area contributed by atoms with Crippen molar-refractivity contribution in [3.63, 3.8) is 0 Å². The summed E-state index contributed by atoms with van der Waals surface area (Å²) in [6.07, 6.45) is -0.933. The summed E-state index contributed by atoms with van der Waals surface area (Å²) in [5.41, 5.74) is 7.91. The first-order chi connectivity index (χ1) is 14.2. The predicted molar refractivity (Wildman–Crippen MR) is 109 cm³/mol. The Morgan fingerprint density at radius 3 is 2.70 bits per heavy atom.